The molecule has 1 aliphatic carbocycles. The monoisotopic (exact) mass is 515 g/mol. The Morgan fingerprint density at radius 2 is 1.97 bits per heavy atom. The molecular formula is C24H26ClN5O4S. The number of nitrogens with one attached hydrogen (secondary N) is 3. The Bertz CT molecular complexity index is 1300. The maximum atomic E-state index is 13.1. The summed E-state index contributed by atoms with van der Waals surface area (Å²) in [4.78, 5) is 48.7. The zero-order valence-corrected chi connectivity index (χ0v) is 20.7. The van der Waals surface area contributed by atoms with Crippen molar-refractivity contribution in [1.82, 2.24) is 25.5 Å². The van der Waals surface area contributed by atoms with Crippen LogP contribution in [0.3, 0.4) is 0 Å². The van der Waals surface area contributed by atoms with Crippen LogP contribution in [0.4, 0.5) is 0 Å². The van der Waals surface area contributed by atoms with E-state index in [0.29, 0.717) is 28.6 Å². The van der Waals surface area contributed by atoms with E-state index < -0.39 is 24.0 Å². The smallest absolute Gasteiger partial charge is 0.306 e. The Labute approximate surface area is 210 Å². The number of aromatic nitrogens is 2. The van der Waals surface area contributed by atoms with Crippen LogP contribution in [0.1, 0.15) is 50.1 Å². The summed E-state index contributed by atoms with van der Waals surface area (Å²) in [5, 5.41) is 17.3. The van der Waals surface area contributed by atoms with Gasteiger partial charge in [0.05, 0.1) is 17.7 Å². The summed E-state index contributed by atoms with van der Waals surface area (Å²) < 4.78 is 0. The van der Waals surface area contributed by atoms with Gasteiger partial charge in [-0.2, -0.15) is 0 Å². The molecule has 35 heavy (non-hydrogen) atoms. The Morgan fingerprint density at radius 3 is 2.77 bits per heavy atom. The Morgan fingerprint density at radius 1 is 1.17 bits per heavy atom. The topological polar surface area (TPSA) is 127 Å². The van der Waals surface area contributed by atoms with Gasteiger partial charge in [-0.25, -0.2) is 4.98 Å². The van der Waals surface area contributed by atoms with E-state index in [-0.39, 0.29) is 18.2 Å². The first-order valence-electron chi connectivity index (χ1n) is 11.6. The third kappa shape index (κ3) is 5.05. The second-order valence-corrected chi connectivity index (χ2v) is 10.8. The number of aliphatic carboxylic acids is 1. The highest BCUT2D eigenvalue weighted by Gasteiger charge is 2.36. The zero-order chi connectivity index (χ0) is 24.7. The Balaban J connectivity index is 1.32. The summed E-state index contributed by atoms with van der Waals surface area (Å²) in [6.45, 7) is 1.66. The van der Waals surface area contributed by atoms with E-state index in [0.717, 1.165) is 41.0 Å². The van der Waals surface area contributed by atoms with E-state index >= 15 is 0 Å². The van der Waals surface area contributed by atoms with E-state index in [2.05, 4.69) is 25.5 Å². The third-order valence-corrected chi connectivity index (χ3v) is 8.09. The molecule has 11 heteroatoms. The number of carbonyl (C=O) groups excluding carboxylic acids is 2. The molecule has 2 unspecified atom stereocenters. The number of halogens is 1. The van der Waals surface area contributed by atoms with Crippen LogP contribution in [0.25, 0.3) is 10.9 Å². The molecule has 3 aromatic rings. The molecular weight excluding hydrogens is 490 g/mol. The van der Waals surface area contributed by atoms with Crippen molar-refractivity contribution in [2.75, 3.05) is 13.6 Å². The quantitative estimate of drug-likeness (QED) is 0.413. The number of amides is 2. The van der Waals surface area contributed by atoms with Crippen LogP contribution in [0.2, 0.25) is 5.02 Å². The van der Waals surface area contributed by atoms with Crippen molar-refractivity contribution in [2.24, 2.45) is 5.92 Å². The summed E-state index contributed by atoms with van der Waals surface area (Å²) in [6, 6.07) is 6.12. The number of likely N-dealkylation sites (N-methyl/N-ethyl adjacent to an activating group) is 1. The molecule has 3 atom stereocenters. The largest absolute Gasteiger partial charge is 0.481 e. The summed E-state index contributed by atoms with van der Waals surface area (Å²) in [5.74, 6) is -2.12. The first kappa shape index (κ1) is 23.8. The van der Waals surface area contributed by atoms with Gasteiger partial charge in [0, 0.05) is 46.4 Å². The van der Waals surface area contributed by atoms with Gasteiger partial charge in [0.1, 0.15) is 5.69 Å². The predicted molar refractivity (Wildman–Crippen MR) is 133 cm³/mol. The minimum absolute atomic E-state index is 0.238. The lowest BCUT2D eigenvalue weighted by atomic mass is 9.82. The SMILES string of the molecule is CN1CCc2nc(C(=O)NC3C[C@H](C(=O)O)CCC3NC(=O)c3cc4cc(Cl)ccc4[nH]3)sc2C1. The Kier molecular flexibility index (Phi) is 6.52. The lowest BCUT2D eigenvalue weighted by molar-refractivity contribution is -0.143. The zero-order valence-electron chi connectivity index (χ0n) is 19.1. The van der Waals surface area contributed by atoms with Gasteiger partial charge in [-0.15, -0.1) is 11.3 Å². The van der Waals surface area contributed by atoms with Gasteiger partial charge in [-0.1, -0.05) is 11.6 Å². The number of hydrogen-bond donors (Lipinski definition) is 4. The first-order chi connectivity index (χ1) is 16.8. The number of fused-ring (bicyclic) bond motifs is 2. The molecule has 1 fully saturated rings. The lowest BCUT2D eigenvalue weighted by Gasteiger charge is -2.35. The molecule has 2 aliphatic rings. The molecule has 0 saturated heterocycles. The number of hydrogen-bond acceptors (Lipinski definition) is 6. The molecule has 0 radical (unpaired) electrons. The van der Waals surface area contributed by atoms with E-state index in [9.17, 15) is 19.5 Å². The molecule has 9 nitrogen and oxygen atoms in total. The number of carbonyl (C=O) groups is 3. The van der Waals surface area contributed by atoms with Crippen LogP contribution >= 0.6 is 22.9 Å². The van der Waals surface area contributed by atoms with Crippen LogP contribution in [0, 0.1) is 5.92 Å². The van der Waals surface area contributed by atoms with Gasteiger partial charge in [-0.3, -0.25) is 14.4 Å². The molecule has 1 aromatic carbocycles. The van der Waals surface area contributed by atoms with Gasteiger partial charge in [0.15, 0.2) is 5.01 Å². The van der Waals surface area contributed by atoms with Gasteiger partial charge >= 0.3 is 5.97 Å². The maximum absolute atomic E-state index is 13.1. The predicted octanol–water partition coefficient (Wildman–Crippen LogP) is 3.05. The molecule has 1 saturated carbocycles. The molecule has 1 aliphatic heterocycles. The van der Waals surface area contributed by atoms with Crippen LogP contribution in [-0.4, -0.2) is 63.4 Å². The van der Waals surface area contributed by atoms with Gasteiger partial charge in [0.25, 0.3) is 11.8 Å². The summed E-state index contributed by atoms with van der Waals surface area (Å²) >= 11 is 7.43. The number of aromatic amines is 1. The minimum atomic E-state index is -0.894. The van der Waals surface area contributed by atoms with Gasteiger partial charge < -0.3 is 25.6 Å². The molecule has 3 heterocycles. The summed E-state index contributed by atoms with van der Waals surface area (Å²) in [6.07, 6.45) is 1.91. The Hall–Kier alpha value is -2.95. The number of thiazole rings is 1. The van der Waals surface area contributed by atoms with Crippen molar-refractivity contribution in [1.29, 1.82) is 0 Å². The molecule has 184 valence electrons. The fourth-order valence-electron chi connectivity index (χ4n) is 4.85. The molecule has 5 rings (SSSR count). The maximum Gasteiger partial charge on any atom is 0.306 e. The third-order valence-electron chi connectivity index (χ3n) is 6.78. The molecule has 4 N–H and O–H groups in total. The highest BCUT2D eigenvalue weighted by atomic mass is 35.5. The van der Waals surface area contributed by atoms with E-state index in [4.69, 9.17) is 11.6 Å². The average Bonchev–Trinajstić information content (AvgIpc) is 3.43. The van der Waals surface area contributed by atoms with Crippen molar-refractivity contribution in [3.8, 4) is 0 Å². The highest BCUT2D eigenvalue weighted by molar-refractivity contribution is 7.13. The van der Waals surface area contributed by atoms with Gasteiger partial charge in [0.2, 0.25) is 0 Å². The second-order valence-electron chi connectivity index (χ2n) is 9.30. The standard InChI is InChI=1S/C24H26ClN5O4S/c1-30-7-6-17-20(11-30)35-23(29-17)22(32)28-18-9-12(24(33)34)2-4-16(18)27-21(31)19-10-13-8-14(25)3-5-15(13)26-19/h3,5,8,10,12,16,18,26H,2,4,6-7,9,11H2,1H3,(H,27,31)(H,28,32)(H,33,34)/t12-,16?,18?/m1/s1. The fraction of sp³-hybridized carbons (Fsp3) is 0.417. The van der Waals surface area contributed by atoms with Crippen LogP contribution in [0.15, 0.2) is 24.3 Å². The van der Waals surface area contributed by atoms with Crippen LogP contribution < -0.4 is 10.6 Å². The first-order valence-corrected chi connectivity index (χ1v) is 12.8. The molecule has 0 spiro atoms. The normalized spacial score (nSPS) is 22.5. The van der Waals surface area contributed by atoms with Crippen LogP contribution in [-0.2, 0) is 17.8 Å². The van der Waals surface area contributed by atoms with Crippen molar-refractivity contribution < 1.29 is 19.5 Å². The van der Waals surface area contributed by atoms with Crippen molar-refractivity contribution in [3.05, 3.63) is 50.6 Å². The average molecular weight is 516 g/mol. The van der Waals surface area contributed by atoms with E-state index in [1.807, 2.05) is 7.05 Å². The van der Waals surface area contributed by atoms with E-state index in [1.165, 1.54) is 11.3 Å². The van der Waals surface area contributed by atoms with Crippen LogP contribution in [0.5, 0.6) is 0 Å². The van der Waals surface area contributed by atoms with Gasteiger partial charge in [-0.05, 0) is 50.6 Å². The summed E-state index contributed by atoms with van der Waals surface area (Å²) in [5.41, 5.74) is 2.12. The van der Waals surface area contributed by atoms with Crippen molar-refractivity contribution >= 4 is 51.6 Å². The van der Waals surface area contributed by atoms with Crippen molar-refractivity contribution in [3.63, 3.8) is 0 Å². The number of carboxylic acid groups (broad SMARTS) is 1. The minimum Gasteiger partial charge on any atom is -0.481 e. The lowest BCUT2D eigenvalue weighted by Crippen LogP contribution is -2.55. The molecule has 0 bridgehead atoms. The molecule has 2 aromatic heterocycles. The number of rotatable bonds is 5. The number of carboxylic acids is 1. The highest BCUT2D eigenvalue weighted by Crippen LogP contribution is 2.28. The molecule has 2 amide bonds. The fourth-order valence-corrected chi connectivity index (χ4v) is 6.12. The van der Waals surface area contributed by atoms with E-state index in [1.54, 1.807) is 24.3 Å². The number of nitrogens with zero attached hydrogens (tertiary/aromatic N) is 2. The second kappa shape index (κ2) is 9.60. The number of benzene rings is 1. The number of H-pyrrole nitrogens is 1. The summed E-state index contributed by atoms with van der Waals surface area (Å²) in [7, 11) is 2.03. The van der Waals surface area contributed by atoms with Crippen molar-refractivity contribution in [2.45, 2.75) is 44.3 Å².